The zero-order valence-electron chi connectivity index (χ0n) is 16.3. The molecule has 5 rings (SSSR count). The predicted octanol–water partition coefficient (Wildman–Crippen LogP) is 5.73. The predicted molar refractivity (Wildman–Crippen MR) is 123 cm³/mol. The molecule has 2 N–H and O–H groups in total. The van der Waals surface area contributed by atoms with Gasteiger partial charge in [-0.3, -0.25) is 9.36 Å². The van der Waals surface area contributed by atoms with Crippen molar-refractivity contribution in [3.8, 4) is 0 Å². The molecule has 0 saturated heterocycles. The van der Waals surface area contributed by atoms with Gasteiger partial charge in [0.25, 0.3) is 5.91 Å². The molecule has 2 heterocycles. The number of fused-ring (bicyclic) bond motifs is 3. The lowest BCUT2D eigenvalue weighted by Gasteiger charge is -2.30. The molecule has 1 aliphatic heterocycles. The Balaban J connectivity index is 1.68. The Bertz CT molecular complexity index is 1280. The van der Waals surface area contributed by atoms with Gasteiger partial charge in [-0.25, -0.2) is 4.98 Å². The highest BCUT2D eigenvalue weighted by Crippen LogP contribution is 2.39. The van der Waals surface area contributed by atoms with Crippen LogP contribution < -0.4 is 10.6 Å². The number of para-hydroxylation sites is 3. The summed E-state index contributed by atoms with van der Waals surface area (Å²) < 4.78 is 3.10. The molecule has 5 nitrogen and oxygen atoms in total. The number of halogens is 1. The number of hydrogen-bond acceptors (Lipinski definition) is 3. The van der Waals surface area contributed by atoms with Crippen LogP contribution in [0.3, 0.4) is 0 Å². The molecule has 0 aliphatic carbocycles. The Morgan fingerprint density at radius 1 is 1.00 bits per heavy atom. The van der Waals surface area contributed by atoms with Gasteiger partial charge in [-0.2, -0.15) is 0 Å². The van der Waals surface area contributed by atoms with Crippen molar-refractivity contribution < 1.29 is 4.79 Å². The van der Waals surface area contributed by atoms with Crippen LogP contribution in [-0.4, -0.2) is 15.5 Å². The molecule has 30 heavy (non-hydrogen) atoms. The van der Waals surface area contributed by atoms with E-state index in [0.717, 1.165) is 38.4 Å². The molecule has 1 amide bonds. The number of benzene rings is 3. The number of aromatic nitrogens is 2. The van der Waals surface area contributed by atoms with Crippen LogP contribution in [0, 0.1) is 0 Å². The van der Waals surface area contributed by atoms with Crippen molar-refractivity contribution in [2.75, 3.05) is 10.6 Å². The van der Waals surface area contributed by atoms with Gasteiger partial charge in [-0.15, -0.1) is 0 Å². The number of rotatable bonds is 3. The normalized spacial score (nSPS) is 15.6. The number of anilines is 2. The first kappa shape index (κ1) is 18.6. The van der Waals surface area contributed by atoms with E-state index in [1.165, 1.54) is 0 Å². The maximum Gasteiger partial charge on any atom is 0.255 e. The van der Waals surface area contributed by atoms with E-state index in [2.05, 4.69) is 31.1 Å². The van der Waals surface area contributed by atoms with Crippen LogP contribution in [0.5, 0.6) is 0 Å². The number of carbonyl (C=O) groups excluding carboxylic acids is 1. The van der Waals surface area contributed by atoms with Crippen LogP contribution in [-0.2, 0) is 4.79 Å². The Labute approximate surface area is 182 Å². The number of allylic oxidation sites excluding steroid dienone is 1. The summed E-state index contributed by atoms with van der Waals surface area (Å²) in [4.78, 5) is 18.2. The van der Waals surface area contributed by atoms with E-state index in [1.54, 1.807) is 0 Å². The smallest absolute Gasteiger partial charge is 0.255 e. The van der Waals surface area contributed by atoms with Gasteiger partial charge in [0.05, 0.1) is 22.6 Å². The molecule has 1 aliphatic rings. The minimum absolute atomic E-state index is 0.137. The summed E-state index contributed by atoms with van der Waals surface area (Å²) in [6.07, 6.45) is 0. The molecule has 1 aromatic heterocycles. The largest absolute Gasteiger partial charge is 0.329 e. The van der Waals surface area contributed by atoms with E-state index >= 15 is 0 Å². The molecule has 1 atom stereocenters. The van der Waals surface area contributed by atoms with Gasteiger partial charge in [0.15, 0.2) is 0 Å². The van der Waals surface area contributed by atoms with Gasteiger partial charge in [-0.1, -0.05) is 58.4 Å². The lowest BCUT2D eigenvalue weighted by molar-refractivity contribution is -0.113. The number of amides is 1. The second-order valence-electron chi connectivity index (χ2n) is 7.23. The first-order valence-electron chi connectivity index (χ1n) is 9.68. The lowest BCUT2D eigenvalue weighted by Crippen LogP contribution is -2.30. The van der Waals surface area contributed by atoms with Crippen molar-refractivity contribution in [1.82, 2.24) is 9.55 Å². The van der Waals surface area contributed by atoms with Crippen LogP contribution in [0.15, 0.2) is 94.6 Å². The molecular weight excluding hydrogens is 440 g/mol. The van der Waals surface area contributed by atoms with Gasteiger partial charge in [-0.05, 0) is 48.9 Å². The molecule has 0 spiro atoms. The number of carbonyl (C=O) groups is 1. The molecule has 0 bridgehead atoms. The standard InChI is InChI=1S/C24H19BrN4O/c1-15-21(23(30)27-18-7-3-2-4-8-18)22(16-11-13-17(25)14-12-16)29-20-10-6-5-9-19(20)28-24(29)26-15/h2-14,22H,1H3,(H,26,28)(H,27,30)/t22-/m0/s1. The van der Waals surface area contributed by atoms with Gasteiger partial charge in [0.1, 0.15) is 0 Å². The number of nitrogens with one attached hydrogen (secondary N) is 2. The summed E-state index contributed by atoms with van der Waals surface area (Å²) in [5, 5.41) is 6.38. The Kier molecular flexibility index (Phi) is 4.64. The summed E-state index contributed by atoms with van der Waals surface area (Å²) in [6.45, 7) is 1.93. The Morgan fingerprint density at radius 2 is 1.70 bits per heavy atom. The van der Waals surface area contributed by atoms with Gasteiger partial charge >= 0.3 is 0 Å². The monoisotopic (exact) mass is 458 g/mol. The minimum atomic E-state index is -0.300. The average Bonchev–Trinajstić information content (AvgIpc) is 3.12. The van der Waals surface area contributed by atoms with E-state index in [0.29, 0.717) is 5.57 Å². The highest BCUT2D eigenvalue weighted by Gasteiger charge is 2.34. The lowest BCUT2D eigenvalue weighted by atomic mass is 9.94. The van der Waals surface area contributed by atoms with Gasteiger partial charge in [0, 0.05) is 15.9 Å². The molecule has 148 valence electrons. The zero-order chi connectivity index (χ0) is 20.7. The topological polar surface area (TPSA) is 59.0 Å². The maximum absolute atomic E-state index is 13.4. The molecule has 3 aromatic carbocycles. The first-order chi connectivity index (χ1) is 14.6. The molecule has 0 saturated carbocycles. The van der Waals surface area contributed by atoms with E-state index in [1.807, 2.05) is 85.8 Å². The molecular formula is C24H19BrN4O. The zero-order valence-corrected chi connectivity index (χ0v) is 17.8. The fraction of sp³-hybridized carbons (Fsp3) is 0.0833. The Hall–Kier alpha value is -3.38. The number of imidazole rings is 1. The van der Waals surface area contributed by atoms with Crippen LogP contribution in [0.25, 0.3) is 11.0 Å². The maximum atomic E-state index is 13.4. The van der Waals surface area contributed by atoms with E-state index in [9.17, 15) is 4.79 Å². The van der Waals surface area contributed by atoms with E-state index in [-0.39, 0.29) is 11.9 Å². The summed E-state index contributed by atoms with van der Waals surface area (Å²) in [5.41, 5.74) is 5.10. The van der Waals surface area contributed by atoms with Crippen molar-refractivity contribution in [2.45, 2.75) is 13.0 Å². The molecule has 0 fully saturated rings. The van der Waals surface area contributed by atoms with Crippen LogP contribution in [0.1, 0.15) is 18.5 Å². The van der Waals surface area contributed by atoms with Crippen molar-refractivity contribution in [1.29, 1.82) is 0 Å². The highest BCUT2D eigenvalue weighted by atomic mass is 79.9. The van der Waals surface area contributed by atoms with Crippen molar-refractivity contribution >= 4 is 44.5 Å². The molecule has 4 aromatic rings. The summed E-state index contributed by atoms with van der Waals surface area (Å²) in [6, 6.07) is 25.3. The quantitative estimate of drug-likeness (QED) is 0.412. The van der Waals surface area contributed by atoms with Crippen molar-refractivity contribution in [3.05, 3.63) is 100 Å². The third-order valence-electron chi connectivity index (χ3n) is 5.29. The SMILES string of the molecule is CC1=C(C(=O)Nc2ccccc2)[C@H](c2ccc(Br)cc2)n2c(nc3ccccc32)N1. The molecule has 6 heteroatoms. The van der Waals surface area contributed by atoms with Crippen LogP contribution in [0.2, 0.25) is 0 Å². The minimum Gasteiger partial charge on any atom is -0.329 e. The first-order valence-corrected chi connectivity index (χ1v) is 10.5. The summed E-state index contributed by atoms with van der Waals surface area (Å²) in [5.74, 6) is 0.598. The van der Waals surface area contributed by atoms with Crippen molar-refractivity contribution in [3.63, 3.8) is 0 Å². The fourth-order valence-corrected chi connectivity index (χ4v) is 4.20. The number of hydrogen-bond donors (Lipinski definition) is 2. The summed E-state index contributed by atoms with van der Waals surface area (Å²) in [7, 11) is 0. The number of nitrogens with zero attached hydrogens (tertiary/aromatic N) is 2. The summed E-state index contributed by atoms with van der Waals surface area (Å²) >= 11 is 3.51. The van der Waals surface area contributed by atoms with Crippen LogP contribution in [0.4, 0.5) is 11.6 Å². The van der Waals surface area contributed by atoms with E-state index < -0.39 is 0 Å². The second kappa shape index (κ2) is 7.46. The Morgan fingerprint density at radius 3 is 2.47 bits per heavy atom. The van der Waals surface area contributed by atoms with E-state index in [4.69, 9.17) is 4.98 Å². The third-order valence-corrected chi connectivity index (χ3v) is 5.82. The van der Waals surface area contributed by atoms with Gasteiger partial charge in [0.2, 0.25) is 5.95 Å². The second-order valence-corrected chi connectivity index (χ2v) is 8.15. The fourth-order valence-electron chi connectivity index (χ4n) is 3.94. The highest BCUT2D eigenvalue weighted by molar-refractivity contribution is 9.10. The van der Waals surface area contributed by atoms with Crippen LogP contribution >= 0.6 is 15.9 Å². The van der Waals surface area contributed by atoms with Crippen molar-refractivity contribution in [2.24, 2.45) is 0 Å². The molecule has 0 radical (unpaired) electrons. The van der Waals surface area contributed by atoms with Gasteiger partial charge < -0.3 is 10.6 Å². The third kappa shape index (κ3) is 3.19. The molecule has 0 unspecified atom stereocenters. The average molecular weight is 459 g/mol.